The Kier molecular flexibility index (Phi) is 8.73. The molecular weight excluding hydrogens is 552 g/mol. The van der Waals surface area contributed by atoms with Crippen LogP contribution >= 0.6 is 23.7 Å². The van der Waals surface area contributed by atoms with Gasteiger partial charge in [0, 0.05) is 35.8 Å². The van der Waals surface area contributed by atoms with Gasteiger partial charge < -0.3 is 5.32 Å². The van der Waals surface area contributed by atoms with Crippen molar-refractivity contribution in [3.05, 3.63) is 112 Å². The van der Waals surface area contributed by atoms with Gasteiger partial charge in [-0.1, -0.05) is 48.0 Å². The molecule has 0 atom stereocenters. The van der Waals surface area contributed by atoms with Crippen molar-refractivity contribution in [2.45, 2.75) is 31.3 Å². The van der Waals surface area contributed by atoms with E-state index in [2.05, 4.69) is 33.1 Å². The SMILES string of the molecule is Cc1ccc(S(=O)(=O)Nc2ccc(C(=O)Nc3sc4c(c3C#N)CCN(Cc3ccccc3)C4)cc2)cc1.Cl. The molecule has 0 saturated carbocycles. The van der Waals surface area contributed by atoms with Crippen molar-refractivity contribution in [1.29, 1.82) is 5.26 Å². The van der Waals surface area contributed by atoms with E-state index in [0.717, 1.165) is 42.1 Å². The molecule has 10 heteroatoms. The number of rotatable bonds is 7. The average Bonchev–Trinajstić information content (AvgIpc) is 3.25. The van der Waals surface area contributed by atoms with Gasteiger partial charge in [-0.15, -0.1) is 23.7 Å². The second-order valence-corrected chi connectivity index (χ2v) is 12.0. The van der Waals surface area contributed by atoms with E-state index < -0.39 is 10.0 Å². The third-order valence-electron chi connectivity index (χ3n) is 6.45. The Morgan fingerprint density at radius 3 is 2.38 bits per heavy atom. The van der Waals surface area contributed by atoms with Gasteiger partial charge in [0.15, 0.2) is 0 Å². The van der Waals surface area contributed by atoms with Crippen molar-refractivity contribution in [1.82, 2.24) is 4.90 Å². The average molecular weight is 579 g/mol. The zero-order chi connectivity index (χ0) is 26.7. The minimum Gasteiger partial charge on any atom is -0.312 e. The van der Waals surface area contributed by atoms with Crippen LogP contribution in [0.1, 0.15) is 37.5 Å². The van der Waals surface area contributed by atoms with Crippen LogP contribution in [0.25, 0.3) is 0 Å². The van der Waals surface area contributed by atoms with Crippen molar-refractivity contribution >= 4 is 50.4 Å². The highest BCUT2D eigenvalue weighted by Crippen LogP contribution is 2.37. The van der Waals surface area contributed by atoms with Gasteiger partial charge in [0.1, 0.15) is 11.1 Å². The van der Waals surface area contributed by atoms with E-state index >= 15 is 0 Å². The van der Waals surface area contributed by atoms with Gasteiger partial charge in [-0.2, -0.15) is 5.26 Å². The number of amides is 1. The normalized spacial score (nSPS) is 13.0. The third kappa shape index (κ3) is 6.49. The number of anilines is 2. The molecule has 0 unspecified atom stereocenters. The number of nitrogens with one attached hydrogen (secondary N) is 2. The van der Waals surface area contributed by atoms with E-state index in [1.807, 2.05) is 25.1 Å². The number of hydrogen-bond donors (Lipinski definition) is 2. The van der Waals surface area contributed by atoms with Crippen LogP contribution in [0.4, 0.5) is 10.7 Å². The summed E-state index contributed by atoms with van der Waals surface area (Å²) in [6, 6.07) is 25.3. The number of nitrogens with zero attached hydrogens (tertiary/aromatic N) is 2. The van der Waals surface area contributed by atoms with Crippen LogP contribution in [-0.4, -0.2) is 25.8 Å². The van der Waals surface area contributed by atoms with E-state index in [1.54, 1.807) is 48.5 Å². The van der Waals surface area contributed by atoms with Crippen molar-refractivity contribution in [2.75, 3.05) is 16.6 Å². The molecule has 3 aromatic carbocycles. The summed E-state index contributed by atoms with van der Waals surface area (Å²) in [6.07, 6.45) is 0.757. The van der Waals surface area contributed by atoms with Crippen LogP contribution in [0.2, 0.25) is 0 Å². The number of carbonyl (C=O) groups is 1. The van der Waals surface area contributed by atoms with E-state index in [0.29, 0.717) is 21.8 Å². The quantitative estimate of drug-likeness (QED) is 0.282. The summed E-state index contributed by atoms with van der Waals surface area (Å²) >= 11 is 1.45. The molecule has 0 fully saturated rings. The van der Waals surface area contributed by atoms with Crippen LogP contribution in [-0.2, 0) is 29.5 Å². The fourth-order valence-corrected chi connectivity index (χ4v) is 6.73. The molecule has 200 valence electrons. The van der Waals surface area contributed by atoms with E-state index in [9.17, 15) is 18.5 Å². The number of hydrogen-bond acceptors (Lipinski definition) is 6. The molecule has 1 amide bonds. The maximum absolute atomic E-state index is 13.0. The van der Waals surface area contributed by atoms with Gasteiger partial charge >= 0.3 is 0 Å². The second-order valence-electron chi connectivity index (χ2n) is 9.22. The minimum absolute atomic E-state index is 0. The molecule has 0 spiro atoms. The van der Waals surface area contributed by atoms with E-state index in [1.165, 1.54) is 16.9 Å². The smallest absolute Gasteiger partial charge is 0.261 e. The van der Waals surface area contributed by atoms with Crippen LogP contribution in [0.5, 0.6) is 0 Å². The van der Waals surface area contributed by atoms with Crippen LogP contribution in [0.3, 0.4) is 0 Å². The molecule has 0 radical (unpaired) electrons. The fraction of sp³-hybridized carbons (Fsp3) is 0.172. The zero-order valence-electron chi connectivity index (χ0n) is 21.2. The number of aryl methyl sites for hydroxylation is 1. The third-order valence-corrected chi connectivity index (χ3v) is 8.98. The standard InChI is InChI=1S/C29H26N4O3S2.ClH/c1-20-7-13-24(14-8-20)38(35,36)32-23-11-9-22(10-12-23)28(34)31-29-26(17-30)25-15-16-33(19-27(25)37-29)18-21-5-3-2-4-6-21;/h2-14,32H,15-16,18-19H2,1H3,(H,31,34);1H. The molecule has 0 bridgehead atoms. The number of benzene rings is 3. The van der Waals surface area contributed by atoms with Crippen molar-refractivity contribution < 1.29 is 13.2 Å². The molecule has 0 saturated heterocycles. The molecule has 1 aromatic heterocycles. The molecule has 7 nitrogen and oxygen atoms in total. The Labute approximate surface area is 238 Å². The lowest BCUT2D eigenvalue weighted by molar-refractivity contribution is 0.102. The molecular formula is C29H27ClN4O3S2. The summed E-state index contributed by atoms with van der Waals surface area (Å²) in [6.45, 7) is 4.30. The van der Waals surface area contributed by atoms with E-state index in [-0.39, 0.29) is 23.2 Å². The minimum atomic E-state index is -3.74. The van der Waals surface area contributed by atoms with E-state index in [4.69, 9.17) is 0 Å². The van der Waals surface area contributed by atoms with Crippen LogP contribution < -0.4 is 10.0 Å². The highest BCUT2D eigenvalue weighted by atomic mass is 35.5. The van der Waals surface area contributed by atoms with Gasteiger partial charge in [0.25, 0.3) is 15.9 Å². The molecule has 1 aliphatic rings. The first-order valence-corrected chi connectivity index (χ1v) is 14.4. The molecule has 5 rings (SSSR count). The molecule has 2 heterocycles. The maximum atomic E-state index is 13.0. The summed E-state index contributed by atoms with van der Waals surface area (Å²) in [5, 5.41) is 13.3. The number of thiophene rings is 1. The Bertz CT molecular complexity index is 1610. The number of halogens is 1. The van der Waals surface area contributed by atoms with Crippen LogP contribution in [0, 0.1) is 18.3 Å². The topological polar surface area (TPSA) is 102 Å². The predicted octanol–water partition coefficient (Wildman–Crippen LogP) is 5.96. The van der Waals surface area contributed by atoms with Crippen molar-refractivity contribution in [3.63, 3.8) is 0 Å². The van der Waals surface area contributed by atoms with Crippen LogP contribution in [0.15, 0.2) is 83.8 Å². The maximum Gasteiger partial charge on any atom is 0.261 e. The first-order chi connectivity index (χ1) is 18.3. The van der Waals surface area contributed by atoms with Crippen molar-refractivity contribution in [3.8, 4) is 6.07 Å². The highest BCUT2D eigenvalue weighted by Gasteiger charge is 2.25. The number of carbonyl (C=O) groups excluding carboxylic acids is 1. The molecule has 4 aromatic rings. The largest absolute Gasteiger partial charge is 0.312 e. The first-order valence-electron chi connectivity index (χ1n) is 12.1. The Morgan fingerprint density at radius 1 is 1.03 bits per heavy atom. The Balaban J connectivity index is 0.00000353. The highest BCUT2D eigenvalue weighted by molar-refractivity contribution is 7.92. The van der Waals surface area contributed by atoms with Gasteiger partial charge in [0.2, 0.25) is 0 Å². The second kappa shape index (κ2) is 12.0. The summed E-state index contributed by atoms with van der Waals surface area (Å²) < 4.78 is 27.8. The lowest BCUT2D eigenvalue weighted by Gasteiger charge is -2.26. The van der Waals surface area contributed by atoms with Gasteiger partial charge in [-0.25, -0.2) is 8.42 Å². The van der Waals surface area contributed by atoms with Gasteiger partial charge in [0.05, 0.1) is 10.5 Å². The Hall–Kier alpha value is -3.68. The predicted molar refractivity (Wildman–Crippen MR) is 157 cm³/mol. The number of nitriles is 1. The summed E-state index contributed by atoms with van der Waals surface area (Å²) in [5.41, 5.74) is 4.47. The summed E-state index contributed by atoms with van der Waals surface area (Å²) in [7, 11) is -3.74. The zero-order valence-corrected chi connectivity index (χ0v) is 23.6. The van der Waals surface area contributed by atoms with Crippen molar-refractivity contribution in [2.24, 2.45) is 0 Å². The first kappa shape index (κ1) is 28.3. The van der Waals surface area contributed by atoms with Gasteiger partial charge in [-0.3, -0.25) is 14.4 Å². The lowest BCUT2D eigenvalue weighted by Crippen LogP contribution is -2.29. The monoisotopic (exact) mass is 578 g/mol. The lowest BCUT2D eigenvalue weighted by atomic mass is 10.0. The Morgan fingerprint density at radius 2 is 1.72 bits per heavy atom. The van der Waals surface area contributed by atoms with Gasteiger partial charge in [-0.05, 0) is 60.9 Å². The summed E-state index contributed by atoms with van der Waals surface area (Å²) in [4.78, 5) is 16.6. The molecule has 1 aliphatic heterocycles. The number of sulfonamides is 1. The molecule has 0 aliphatic carbocycles. The summed E-state index contributed by atoms with van der Waals surface area (Å²) in [5.74, 6) is -0.353. The number of fused-ring (bicyclic) bond motifs is 1. The molecule has 39 heavy (non-hydrogen) atoms. The molecule has 2 N–H and O–H groups in total. The fourth-order valence-electron chi connectivity index (χ4n) is 4.44.